The molecule has 0 fully saturated rings. The van der Waals surface area contributed by atoms with Gasteiger partial charge in [0.1, 0.15) is 0 Å². The van der Waals surface area contributed by atoms with E-state index in [1.807, 2.05) is 38.1 Å². The van der Waals surface area contributed by atoms with Crippen LogP contribution in [0.2, 0.25) is 0 Å². The Morgan fingerprint density at radius 3 is 2.38 bits per heavy atom. The van der Waals surface area contributed by atoms with Crippen molar-refractivity contribution in [2.45, 2.75) is 17.9 Å². The van der Waals surface area contributed by atoms with E-state index in [-0.39, 0.29) is 9.96 Å². The lowest BCUT2D eigenvalue weighted by atomic mass is 10.1. The van der Waals surface area contributed by atoms with Crippen LogP contribution < -0.4 is 5.32 Å². The normalized spacial score (nSPS) is 12.2. The molecule has 0 saturated heterocycles. The van der Waals surface area contributed by atoms with Crippen LogP contribution in [0, 0.1) is 6.92 Å². The Morgan fingerprint density at radius 1 is 1.38 bits per heavy atom. The van der Waals surface area contributed by atoms with Gasteiger partial charge in [-0.25, -0.2) is 0 Å². The van der Waals surface area contributed by atoms with Gasteiger partial charge in [0.25, 0.3) is 5.91 Å². The highest BCUT2D eigenvalue weighted by Crippen LogP contribution is 2.04. The zero-order valence-corrected chi connectivity index (χ0v) is 9.83. The molecule has 1 atom stereocenters. The predicted molar refractivity (Wildman–Crippen MR) is 62.1 cm³/mol. The molecule has 0 saturated carbocycles. The maximum absolute atomic E-state index is 11.5. The van der Waals surface area contributed by atoms with Gasteiger partial charge in [-0.15, -0.1) is 0 Å². The highest BCUT2D eigenvalue weighted by atomic mass is 127. The molecule has 1 amide bonds. The second-order valence-electron chi connectivity index (χ2n) is 2.96. The third-order valence-electron chi connectivity index (χ3n) is 1.64. The molecule has 0 aliphatic heterocycles. The monoisotopic (exact) mass is 289 g/mol. The molecule has 70 valence electrons. The van der Waals surface area contributed by atoms with Crippen LogP contribution in [0.15, 0.2) is 24.3 Å². The molecule has 2 nitrogen and oxygen atoms in total. The van der Waals surface area contributed by atoms with E-state index in [1.54, 1.807) is 0 Å². The summed E-state index contributed by atoms with van der Waals surface area (Å²) >= 11 is 2.16. The van der Waals surface area contributed by atoms with Gasteiger partial charge < -0.3 is 5.32 Å². The van der Waals surface area contributed by atoms with Crippen molar-refractivity contribution in [3.8, 4) is 0 Å². The molecule has 1 N–H and O–H groups in total. The molecule has 1 aromatic carbocycles. The number of carbonyl (C=O) groups excluding carboxylic acids is 1. The SMILES string of the molecule is Cc1ccc(C(=O)NC(C)I)cc1. The van der Waals surface area contributed by atoms with Crippen molar-refractivity contribution in [2.75, 3.05) is 0 Å². The predicted octanol–water partition coefficient (Wildman–Crippen LogP) is 2.51. The Bertz CT molecular complexity index is 292. The van der Waals surface area contributed by atoms with Gasteiger partial charge in [-0.3, -0.25) is 4.79 Å². The minimum atomic E-state index is -0.0121. The van der Waals surface area contributed by atoms with Gasteiger partial charge in [-0.1, -0.05) is 40.3 Å². The molecule has 1 rings (SSSR count). The van der Waals surface area contributed by atoms with E-state index < -0.39 is 0 Å². The van der Waals surface area contributed by atoms with Crippen molar-refractivity contribution in [1.29, 1.82) is 0 Å². The lowest BCUT2D eigenvalue weighted by Gasteiger charge is -2.06. The minimum Gasteiger partial charge on any atom is -0.341 e. The fourth-order valence-electron chi connectivity index (χ4n) is 0.969. The van der Waals surface area contributed by atoms with Crippen LogP contribution in [0.25, 0.3) is 0 Å². The number of carbonyl (C=O) groups is 1. The number of amides is 1. The third kappa shape index (κ3) is 3.34. The van der Waals surface area contributed by atoms with E-state index in [0.29, 0.717) is 5.56 Å². The maximum Gasteiger partial charge on any atom is 0.252 e. The lowest BCUT2D eigenvalue weighted by Crippen LogP contribution is -2.27. The van der Waals surface area contributed by atoms with Crippen LogP contribution in [-0.2, 0) is 0 Å². The zero-order valence-electron chi connectivity index (χ0n) is 7.67. The average molecular weight is 289 g/mol. The number of hydrogen-bond donors (Lipinski definition) is 1. The molecule has 0 spiro atoms. The van der Waals surface area contributed by atoms with Gasteiger partial charge in [0.05, 0.1) is 4.05 Å². The van der Waals surface area contributed by atoms with Gasteiger partial charge in [0, 0.05) is 5.56 Å². The first-order valence-electron chi connectivity index (χ1n) is 4.11. The molecular formula is C10H12INO. The first-order chi connectivity index (χ1) is 6.09. The lowest BCUT2D eigenvalue weighted by molar-refractivity contribution is 0.0953. The first kappa shape index (κ1) is 10.5. The molecule has 0 aliphatic carbocycles. The van der Waals surface area contributed by atoms with Gasteiger partial charge >= 0.3 is 0 Å². The number of nitrogens with one attached hydrogen (secondary N) is 1. The highest BCUT2D eigenvalue weighted by Gasteiger charge is 2.05. The Balaban J connectivity index is 2.72. The van der Waals surface area contributed by atoms with Crippen molar-refractivity contribution in [3.63, 3.8) is 0 Å². The molecule has 0 bridgehead atoms. The van der Waals surface area contributed by atoms with Gasteiger partial charge in [0.2, 0.25) is 0 Å². The first-order valence-corrected chi connectivity index (χ1v) is 5.36. The molecule has 13 heavy (non-hydrogen) atoms. The van der Waals surface area contributed by atoms with E-state index in [1.165, 1.54) is 5.56 Å². The maximum atomic E-state index is 11.5. The number of halogens is 1. The van der Waals surface area contributed by atoms with E-state index >= 15 is 0 Å². The largest absolute Gasteiger partial charge is 0.341 e. The van der Waals surface area contributed by atoms with Gasteiger partial charge in [-0.05, 0) is 26.0 Å². The summed E-state index contributed by atoms with van der Waals surface area (Å²) in [4.78, 5) is 11.5. The summed E-state index contributed by atoms with van der Waals surface area (Å²) in [7, 11) is 0. The fourth-order valence-corrected chi connectivity index (χ4v) is 1.25. The molecule has 3 heteroatoms. The highest BCUT2D eigenvalue weighted by molar-refractivity contribution is 14.1. The Hall–Kier alpha value is -0.580. The quantitative estimate of drug-likeness (QED) is 0.506. The molecule has 0 radical (unpaired) electrons. The van der Waals surface area contributed by atoms with Gasteiger partial charge in [-0.2, -0.15) is 0 Å². The fraction of sp³-hybridized carbons (Fsp3) is 0.300. The summed E-state index contributed by atoms with van der Waals surface area (Å²) in [6.45, 7) is 3.94. The second-order valence-corrected chi connectivity index (χ2v) is 4.82. The Labute approximate surface area is 91.9 Å². The van der Waals surface area contributed by atoms with E-state index in [2.05, 4.69) is 27.9 Å². The van der Waals surface area contributed by atoms with Gasteiger partial charge in [0.15, 0.2) is 0 Å². The number of aryl methyl sites for hydroxylation is 1. The summed E-state index contributed by atoms with van der Waals surface area (Å²) in [5.74, 6) is -0.0121. The molecule has 0 aromatic heterocycles. The van der Waals surface area contributed by atoms with E-state index in [0.717, 1.165) is 0 Å². The number of benzene rings is 1. The summed E-state index contributed by atoms with van der Waals surface area (Å²) in [6, 6.07) is 7.55. The van der Waals surface area contributed by atoms with Crippen LogP contribution in [-0.4, -0.2) is 9.96 Å². The minimum absolute atomic E-state index is 0.0121. The standard InChI is InChI=1S/C10H12INO/c1-7-3-5-9(6-4-7)10(13)12-8(2)11/h3-6,8H,1-2H3,(H,12,13). The van der Waals surface area contributed by atoms with Crippen LogP contribution >= 0.6 is 22.6 Å². The average Bonchev–Trinajstić information content (AvgIpc) is 2.04. The molecular weight excluding hydrogens is 277 g/mol. The molecule has 0 aliphatic rings. The smallest absolute Gasteiger partial charge is 0.252 e. The van der Waals surface area contributed by atoms with Crippen molar-refractivity contribution < 1.29 is 4.79 Å². The summed E-state index contributed by atoms with van der Waals surface area (Å²) in [5.41, 5.74) is 1.88. The van der Waals surface area contributed by atoms with Crippen LogP contribution in [0.5, 0.6) is 0 Å². The molecule has 1 aromatic rings. The van der Waals surface area contributed by atoms with Crippen molar-refractivity contribution in [3.05, 3.63) is 35.4 Å². The summed E-state index contributed by atoms with van der Waals surface area (Å²) < 4.78 is 0.159. The third-order valence-corrected chi connectivity index (χ3v) is 1.96. The zero-order chi connectivity index (χ0) is 9.84. The van der Waals surface area contributed by atoms with Crippen molar-refractivity contribution >= 4 is 28.5 Å². The second kappa shape index (κ2) is 4.60. The number of hydrogen-bond acceptors (Lipinski definition) is 1. The molecule has 1 unspecified atom stereocenters. The van der Waals surface area contributed by atoms with Crippen LogP contribution in [0.4, 0.5) is 0 Å². The number of rotatable bonds is 2. The molecule has 0 heterocycles. The Morgan fingerprint density at radius 2 is 1.92 bits per heavy atom. The Kier molecular flexibility index (Phi) is 3.71. The summed E-state index contributed by atoms with van der Waals surface area (Å²) in [5, 5.41) is 2.83. The van der Waals surface area contributed by atoms with Crippen LogP contribution in [0.3, 0.4) is 0 Å². The van der Waals surface area contributed by atoms with Crippen molar-refractivity contribution in [1.82, 2.24) is 5.32 Å². The summed E-state index contributed by atoms with van der Waals surface area (Å²) in [6.07, 6.45) is 0. The van der Waals surface area contributed by atoms with Crippen LogP contribution in [0.1, 0.15) is 22.8 Å². The number of alkyl halides is 1. The van der Waals surface area contributed by atoms with E-state index in [9.17, 15) is 4.79 Å². The topological polar surface area (TPSA) is 29.1 Å². The van der Waals surface area contributed by atoms with E-state index in [4.69, 9.17) is 0 Å². The van der Waals surface area contributed by atoms with Crippen molar-refractivity contribution in [2.24, 2.45) is 0 Å².